The van der Waals surface area contributed by atoms with E-state index in [2.05, 4.69) is 47.6 Å². The molecule has 0 aliphatic heterocycles. The number of hydrogen-bond donors (Lipinski definition) is 1. The summed E-state index contributed by atoms with van der Waals surface area (Å²) >= 11 is 0. The summed E-state index contributed by atoms with van der Waals surface area (Å²) in [5.41, 5.74) is 5.39. The molecule has 3 rings (SSSR count). The molecular weight excluding hydrogens is 268 g/mol. The summed E-state index contributed by atoms with van der Waals surface area (Å²) in [5, 5.41) is 10.5. The Labute approximate surface area is 136 Å². The second kappa shape index (κ2) is 5.23. The van der Waals surface area contributed by atoms with Gasteiger partial charge in [-0.25, -0.2) is 0 Å². The highest BCUT2D eigenvalue weighted by atomic mass is 16.3. The van der Waals surface area contributed by atoms with E-state index >= 15 is 0 Å². The van der Waals surface area contributed by atoms with E-state index in [-0.39, 0.29) is 16.9 Å². The van der Waals surface area contributed by atoms with Gasteiger partial charge < -0.3 is 5.11 Å². The zero-order valence-electron chi connectivity index (χ0n) is 15.4. The molecule has 0 bridgehead atoms. The van der Waals surface area contributed by atoms with Crippen LogP contribution in [-0.2, 0) is 0 Å². The van der Waals surface area contributed by atoms with Crippen molar-refractivity contribution in [2.24, 2.45) is 28.6 Å². The van der Waals surface area contributed by atoms with Gasteiger partial charge in [-0.15, -0.1) is 0 Å². The number of aliphatic hydroxyl groups excluding tert-OH is 1. The molecule has 0 aromatic rings. The first-order valence-corrected chi connectivity index (χ1v) is 9.25. The van der Waals surface area contributed by atoms with Gasteiger partial charge in [0.05, 0.1) is 6.10 Å². The molecule has 22 heavy (non-hydrogen) atoms. The fourth-order valence-corrected chi connectivity index (χ4v) is 6.37. The lowest BCUT2D eigenvalue weighted by atomic mass is 9.46. The van der Waals surface area contributed by atoms with Gasteiger partial charge in [-0.3, -0.25) is 0 Å². The Morgan fingerprint density at radius 1 is 1.18 bits per heavy atom. The van der Waals surface area contributed by atoms with Crippen LogP contribution in [0.15, 0.2) is 22.8 Å². The lowest BCUT2D eigenvalue weighted by molar-refractivity contribution is -0.0955. The summed E-state index contributed by atoms with van der Waals surface area (Å²) in [6.07, 6.45) is 8.14. The molecule has 0 unspecified atom stereocenters. The van der Waals surface area contributed by atoms with Crippen LogP contribution >= 0.6 is 0 Å². The Kier molecular flexibility index (Phi) is 3.87. The van der Waals surface area contributed by atoms with Crippen LogP contribution in [0, 0.1) is 28.6 Å². The monoisotopic (exact) mass is 302 g/mol. The van der Waals surface area contributed by atoms with Crippen LogP contribution in [0.25, 0.3) is 0 Å². The lowest BCUT2D eigenvalue weighted by Crippen LogP contribution is -2.53. The first kappa shape index (κ1) is 16.3. The van der Waals surface area contributed by atoms with Crippen molar-refractivity contribution in [1.82, 2.24) is 0 Å². The van der Waals surface area contributed by atoms with Crippen LogP contribution in [0.4, 0.5) is 0 Å². The largest absolute Gasteiger partial charge is 0.393 e. The Balaban J connectivity index is 2.04. The Morgan fingerprint density at radius 2 is 1.86 bits per heavy atom. The molecule has 124 valence electrons. The maximum atomic E-state index is 10.5. The Hall–Kier alpha value is -0.560. The Morgan fingerprint density at radius 3 is 2.50 bits per heavy atom. The zero-order chi connectivity index (χ0) is 16.3. The van der Waals surface area contributed by atoms with Gasteiger partial charge in [-0.05, 0) is 78.8 Å². The number of rotatable bonds is 1. The smallest absolute Gasteiger partial charge is 0.0551 e. The van der Waals surface area contributed by atoms with E-state index in [4.69, 9.17) is 0 Å². The van der Waals surface area contributed by atoms with Crippen molar-refractivity contribution < 1.29 is 5.11 Å². The van der Waals surface area contributed by atoms with Crippen LogP contribution in [0.5, 0.6) is 0 Å². The highest BCUT2D eigenvalue weighted by molar-refractivity contribution is 5.42. The summed E-state index contributed by atoms with van der Waals surface area (Å²) < 4.78 is 0. The zero-order valence-corrected chi connectivity index (χ0v) is 15.4. The molecule has 0 spiro atoms. The molecule has 0 saturated heterocycles. The predicted octanol–water partition coefficient (Wildman–Crippen LogP) is 5.50. The molecule has 1 saturated carbocycles. The van der Waals surface area contributed by atoms with Gasteiger partial charge in [0.15, 0.2) is 0 Å². The van der Waals surface area contributed by atoms with Crippen LogP contribution in [0.3, 0.4) is 0 Å². The van der Waals surface area contributed by atoms with Crippen molar-refractivity contribution in [3.63, 3.8) is 0 Å². The second-order valence-corrected chi connectivity index (χ2v) is 9.40. The summed E-state index contributed by atoms with van der Waals surface area (Å²) in [4.78, 5) is 0. The van der Waals surface area contributed by atoms with Crippen molar-refractivity contribution >= 4 is 0 Å². The third-order valence-electron chi connectivity index (χ3n) is 7.24. The quantitative estimate of drug-likeness (QED) is 0.678. The maximum absolute atomic E-state index is 10.5. The van der Waals surface area contributed by atoms with Crippen molar-refractivity contribution in [2.75, 3.05) is 0 Å². The molecule has 0 aromatic heterocycles. The van der Waals surface area contributed by atoms with Crippen molar-refractivity contribution in [3.8, 4) is 0 Å². The van der Waals surface area contributed by atoms with Gasteiger partial charge in [-0.1, -0.05) is 46.3 Å². The highest BCUT2D eigenvalue weighted by Gasteiger charge is 2.55. The fourth-order valence-electron chi connectivity index (χ4n) is 6.37. The summed E-state index contributed by atoms with van der Waals surface area (Å²) in [5.74, 6) is 2.04. The molecule has 4 atom stereocenters. The summed E-state index contributed by atoms with van der Waals surface area (Å²) in [6, 6.07) is 0. The van der Waals surface area contributed by atoms with Gasteiger partial charge >= 0.3 is 0 Å². The predicted molar refractivity (Wildman–Crippen MR) is 93.6 cm³/mol. The minimum absolute atomic E-state index is 0.119. The van der Waals surface area contributed by atoms with Gasteiger partial charge in [0.2, 0.25) is 0 Å². The van der Waals surface area contributed by atoms with E-state index in [1.54, 1.807) is 16.7 Å². The molecule has 0 radical (unpaired) electrons. The number of aliphatic hydroxyl groups is 1. The van der Waals surface area contributed by atoms with E-state index < -0.39 is 0 Å². The number of allylic oxidation sites excluding steroid dienone is 4. The van der Waals surface area contributed by atoms with Crippen LogP contribution < -0.4 is 0 Å². The number of fused-ring (bicyclic) bond motifs is 3. The molecule has 0 amide bonds. The van der Waals surface area contributed by atoms with E-state index in [0.717, 1.165) is 12.8 Å². The van der Waals surface area contributed by atoms with Crippen LogP contribution in [0.2, 0.25) is 0 Å². The molecule has 3 aliphatic rings. The van der Waals surface area contributed by atoms with Gasteiger partial charge in [0.25, 0.3) is 0 Å². The third-order valence-corrected chi connectivity index (χ3v) is 7.24. The van der Waals surface area contributed by atoms with E-state index in [9.17, 15) is 5.11 Å². The van der Waals surface area contributed by atoms with Gasteiger partial charge in [-0.2, -0.15) is 0 Å². The van der Waals surface area contributed by atoms with Crippen molar-refractivity contribution in [1.29, 1.82) is 0 Å². The molecule has 1 N–H and O–H groups in total. The standard InChI is InChI=1S/C21H34O/c1-13(2)16-7-9-18-17(14(16)3)8-10-19-20(4,5)11-15(22)12-21(18,19)6/h8,13,15,18-19,22H,7,9-12H2,1-6H3/t15-,18-,19-,21+/m1/s1. The fraction of sp³-hybridized carbons (Fsp3) is 0.810. The molecule has 1 heteroatoms. The van der Waals surface area contributed by atoms with Crippen LogP contribution in [-0.4, -0.2) is 11.2 Å². The van der Waals surface area contributed by atoms with Gasteiger partial charge in [0.1, 0.15) is 0 Å². The van der Waals surface area contributed by atoms with Crippen molar-refractivity contribution in [2.45, 2.75) is 79.8 Å². The van der Waals surface area contributed by atoms with Crippen molar-refractivity contribution in [3.05, 3.63) is 22.8 Å². The Bertz CT molecular complexity index is 522. The molecule has 1 fully saturated rings. The second-order valence-electron chi connectivity index (χ2n) is 9.40. The minimum Gasteiger partial charge on any atom is -0.393 e. The number of hydrogen-bond acceptors (Lipinski definition) is 1. The van der Waals surface area contributed by atoms with E-state index in [0.29, 0.717) is 17.8 Å². The molecule has 0 aromatic carbocycles. The van der Waals surface area contributed by atoms with E-state index in [1.807, 2.05) is 0 Å². The average Bonchev–Trinajstić information content (AvgIpc) is 2.37. The topological polar surface area (TPSA) is 20.2 Å². The van der Waals surface area contributed by atoms with E-state index in [1.165, 1.54) is 19.3 Å². The maximum Gasteiger partial charge on any atom is 0.0551 e. The third kappa shape index (κ3) is 2.31. The summed E-state index contributed by atoms with van der Waals surface area (Å²) in [6.45, 7) is 14.2. The van der Waals surface area contributed by atoms with Crippen LogP contribution in [0.1, 0.15) is 73.6 Å². The first-order chi connectivity index (χ1) is 10.2. The highest BCUT2D eigenvalue weighted by Crippen LogP contribution is 2.62. The molecule has 3 aliphatic carbocycles. The average molecular weight is 303 g/mol. The lowest BCUT2D eigenvalue weighted by Gasteiger charge is -2.59. The minimum atomic E-state index is -0.119. The molecule has 0 heterocycles. The van der Waals surface area contributed by atoms with Gasteiger partial charge in [0, 0.05) is 0 Å². The molecule has 1 nitrogen and oxygen atoms in total. The first-order valence-electron chi connectivity index (χ1n) is 9.25. The SMILES string of the molecule is CC1=C(C(C)C)CC[C@@H]2C1=CC[C@@H]1C(C)(C)C[C@@H](O)C[C@@]21C. The molecular formula is C21H34O. The summed E-state index contributed by atoms with van der Waals surface area (Å²) in [7, 11) is 0. The normalized spacial score (nSPS) is 41.1.